The van der Waals surface area contributed by atoms with Gasteiger partial charge in [0.2, 0.25) is 5.91 Å². The van der Waals surface area contributed by atoms with Crippen LogP contribution in [0.1, 0.15) is 45.7 Å². The minimum absolute atomic E-state index is 0.0535. The van der Waals surface area contributed by atoms with E-state index in [1.54, 1.807) is 0 Å². The molecule has 112 valence electrons. The zero-order valence-electron chi connectivity index (χ0n) is 12.9. The van der Waals surface area contributed by atoms with Crippen molar-refractivity contribution in [3.8, 4) is 5.75 Å². The van der Waals surface area contributed by atoms with Gasteiger partial charge >= 0.3 is 0 Å². The summed E-state index contributed by atoms with van der Waals surface area (Å²) < 4.78 is 5.78. The lowest BCUT2D eigenvalue weighted by Crippen LogP contribution is -2.30. The highest BCUT2D eigenvalue weighted by atomic mass is 16.5. The molecule has 1 aromatic carbocycles. The standard InChI is InChI=1S/C16H26N2O2/c1-5-17-11-10-16(19)18-13(4)14-8-6-7-9-15(14)20-12(2)3/h6-9,12-13,17H,5,10-11H2,1-4H3,(H,18,19). The molecule has 0 aromatic heterocycles. The normalized spacial score (nSPS) is 12.2. The zero-order chi connectivity index (χ0) is 15.0. The maximum atomic E-state index is 11.8. The van der Waals surface area contributed by atoms with Crippen molar-refractivity contribution < 1.29 is 9.53 Å². The van der Waals surface area contributed by atoms with Gasteiger partial charge < -0.3 is 15.4 Å². The molecule has 1 rings (SSSR count). The highest BCUT2D eigenvalue weighted by Gasteiger charge is 2.14. The van der Waals surface area contributed by atoms with Gasteiger partial charge in [0, 0.05) is 18.5 Å². The lowest BCUT2D eigenvalue weighted by Gasteiger charge is -2.19. The third-order valence-corrected chi connectivity index (χ3v) is 2.90. The number of rotatable bonds is 8. The van der Waals surface area contributed by atoms with E-state index in [1.165, 1.54) is 0 Å². The van der Waals surface area contributed by atoms with Crippen LogP contribution in [0, 0.1) is 0 Å². The van der Waals surface area contributed by atoms with Crippen molar-refractivity contribution in [3.63, 3.8) is 0 Å². The van der Waals surface area contributed by atoms with E-state index < -0.39 is 0 Å². The van der Waals surface area contributed by atoms with Gasteiger partial charge in [-0.15, -0.1) is 0 Å². The molecular weight excluding hydrogens is 252 g/mol. The monoisotopic (exact) mass is 278 g/mol. The molecule has 1 unspecified atom stereocenters. The molecule has 0 aliphatic rings. The van der Waals surface area contributed by atoms with Gasteiger partial charge in [-0.1, -0.05) is 25.1 Å². The molecule has 0 spiro atoms. The lowest BCUT2D eigenvalue weighted by molar-refractivity contribution is -0.121. The third kappa shape index (κ3) is 5.61. The fraction of sp³-hybridized carbons (Fsp3) is 0.562. The second-order valence-electron chi connectivity index (χ2n) is 5.10. The van der Waals surface area contributed by atoms with Crippen LogP contribution in [0.5, 0.6) is 5.75 Å². The van der Waals surface area contributed by atoms with Crippen LogP contribution < -0.4 is 15.4 Å². The Morgan fingerprint density at radius 1 is 1.25 bits per heavy atom. The summed E-state index contributed by atoms with van der Waals surface area (Å²) in [6, 6.07) is 7.79. The van der Waals surface area contributed by atoms with Crippen LogP contribution in [0.25, 0.3) is 0 Å². The minimum atomic E-state index is -0.0564. The van der Waals surface area contributed by atoms with E-state index >= 15 is 0 Å². The zero-order valence-corrected chi connectivity index (χ0v) is 12.9. The number of para-hydroxylation sites is 1. The van der Waals surface area contributed by atoms with Crippen molar-refractivity contribution in [2.24, 2.45) is 0 Å². The average Bonchev–Trinajstić information content (AvgIpc) is 2.38. The van der Waals surface area contributed by atoms with Gasteiger partial charge in [-0.2, -0.15) is 0 Å². The number of amides is 1. The highest BCUT2D eigenvalue weighted by molar-refractivity contribution is 5.76. The number of ether oxygens (including phenoxy) is 1. The Bertz CT molecular complexity index is 419. The lowest BCUT2D eigenvalue weighted by atomic mass is 10.1. The van der Waals surface area contributed by atoms with Gasteiger partial charge in [-0.05, 0) is 33.4 Å². The van der Waals surface area contributed by atoms with E-state index in [-0.39, 0.29) is 18.1 Å². The van der Waals surface area contributed by atoms with Crippen LogP contribution in [0.3, 0.4) is 0 Å². The Morgan fingerprint density at radius 2 is 1.95 bits per heavy atom. The Hall–Kier alpha value is -1.55. The Kier molecular flexibility index (Phi) is 7.09. The van der Waals surface area contributed by atoms with E-state index in [9.17, 15) is 4.79 Å². The molecule has 4 heteroatoms. The van der Waals surface area contributed by atoms with Crippen LogP contribution in [0.15, 0.2) is 24.3 Å². The summed E-state index contributed by atoms with van der Waals surface area (Å²) in [5.74, 6) is 0.889. The summed E-state index contributed by atoms with van der Waals surface area (Å²) >= 11 is 0. The molecule has 20 heavy (non-hydrogen) atoms. The molecule has 0 fully saturated rings. The second-order valence-corrected chi connectivity index (χ2v) is 5.10. The SMILES string of the molecule is CCNCCC(=O)NC(C)c1ccccc1OC(C)C. The predicted molar refractivity (Wildman–Crippen MR) is 81.9 cm³/mol. The van der Waals surface area contributed by atoms with Crippen molar-refractivity contribution in [2.45, 2.75) is 46.3 Å². The molecule has 0 bridgehead atoms. The summed E-state index contributed by atoms with van der Waals surface area (Å²) in [6.45, 7) is 9.59. The number of carbonyl (C=O) groups is 1. The summed E-state index contributed by atoms with van der Waals surface area (Å²) in [4.78, 5) is 11.8. The first-order valence-electron chi connectivity index (χ1n) is 7.30. The van der Waals surface area contributed by atoms with E-state index in [2.05, 4.69) is 10.6 Å². The fourth-order valence-corrected chi connectivity index (χ4v) is 1.97. The molecule has 0 saturated carbocycles. The second kappa shape index (κ2) is 8.59. The number of carbonyl (C=O) groups excluding carboxylic acids is 1. The molecule has 0 saturated heterocycles. The molecule has 0 aliphatic carbocycles. The first-order valence-corrected chi connectivity index (χ1v) is 7.30. The number of hydrogen-bond donors (Lipinski definition) is 2. The maximum absolute atomic E-state index is 11.8. The molecule has 2 N–H and O–H groups in total. The van der Waals surface area contributed by atoms with E-state index in [4.69, 9.17) is 4.74 Å². The third-order valence-electron chi connectivity index (χ3n) is 2.90. The fourth-order valence-electron chi connectivity index (χ4n) is 1.97. The van der Waals surface area contributed by atoms with Gasteiger partial charge in [0.1, 0.15) is 5.75 Å². The first-order chi connectivity index (χ1) is 9.54. The van der Waals surface area contributed by atoms with E-state index in [0.717, 1.165) is 17.9 Å². The van der Waals surface area contributed by atoms with Crippen LogP contribution in [-0.4, -0.2) is 25.1 Å². The molecule has 1 amide bonds. The van der Waals surface area contributed by atoms with Crippen molar-refractivity contribution >= 4 is 5.91 Å². The molecule has 1 atom stereocenters. The Labute approximate surface area is 121 Å². The van der Waals surface area contributed by atoms with E-state index in [0.29, 0.717) is 13.0 Å². The largest absolute Gasteiger partial charge is 0.491 e. The Morgan fingerprint density at radius 3 is 2.60 bits per heavy atom. The van der Waals surface area contributed by atoms with Crippen LogP contribution in [0.4, 0.5) is 0 Å². The molecule has 0 heterocycles. The summed E-state index contributed by atoms with van der Waals surface area (Å²) in [5, 5.41) is 6.15. The minimum Gasteiger partial charge on any atom is -0.491 e. The summed E-state index contributed by atoms with van der Waals surface area (Å²) in [7, 11) is 0. The van der Waals surface area contributed by atoms with Gasteiger partial charge in [-0.25, -0.2) is 0 Å². The Balaban J connectivity index is 2.62. The predicted octanol–water partition coefficient (Wildman–Crippen LogP) is 2.65. The molecular formula is C16H26N2O2. The van der Waals surface area contributed by atoms with Crippen molar-refractivity contribution in [3.05, 3.63) is 29.8 Å². The first kappa shape index (κ1) is 16.5. The summed E-state index contributed by atoms with van der Waals surface area (Å²) in [6.07, 6.45) is 0.610. The molecule has 1 aromatic rings. The van der Waals surface area contributed by atoms with Crippen LogP contribution in [0.2, 0.25) is 0 Å². The van der Waals surface area contributed by atoms with Gasteiger partial charge in [0.05, 0.1) is 12.1 Å². The number of nitrogens with one attached hydrogen (secondary N) is 2. The quantitative estimate of drug-likeness (QED) is 0.719. The molecule has 0 radical (unpaired) electrons. The summed E-state index contributed by atoms with van der Waals surface area (Å²) in [5.41, 5.74) is 1.01. The van der Waals surface area contributed by atoms with Crippen molar-refractivity contribution in [2.75, 3.05) is 13.1 Å². The number of hydrogen-bond acceptors (Lipinski definition) is 3. The van der Waals surface area contributed by atoms with Gasteiger partial charge in [-0.3, -0.25) is 4.79 Å². The van der Waals surface area contributed by atoms with Crippen molar-refractivity contribution in [1.82, 2.24) is 10.6 Å². The highest BCUT2D eigenvalue weighted by Crippen LogP contribution is 2.25. The van der Waals surface area contributed by atoms with Crippen molar-refractivity contribution in [1.29, 1.82) is 0 Å². The molecule has 0 aliphatic heterocycles. The van der Waals surface area contributed by atoms with Gasteiger partial charge in [0.25, 0.3) is 0 Å². The average molecular weight is 278 g/mol. The van der Waals surface area contributed by atoms with Gasteiger partial charge in [0.15, 0.2) is 0 Å². The topological polar surface area (TPSA) is 50.4 Å². The maximum Gasteiger partial charge on any atom is 0.221 e. The smallest absolute Gasteiger partial charge is 0.221 e. The molecule has 4 nitrogen and oxygen atoms in total. The van der Waals surface area contributed by atoms with E-state index in [1.807, 2.05) is 52.0 Å². The van der Waals surface area contributed by atoms with Crippen LogP contribution in [-0.2, 0) is 4.79 Å². The number of benzene rings is 1. The van der Waals surface area contributed by atoms with Crippen LogP contribution >= 0.6 is 0 Å².